The Kier molecular flexibility index (Phi) is 5.21. The highest BCUT2D eigenvalue weighted by atomic mass is 32.2. The number of carbonyl (C=O) groups excluding carboxylic acids is 1. The topological polar surface area (TPSA) is 75.6 Å². The summed E-state index contributed by atoms with van der Waals surface area (Å²) in [7, 11) is 0. The molecule has 0 aliphatic heterocycles. The lowest BCUT2D eigenvalue weighted by Gasteiger charge is -2.27. The maximum Gasteiger partial charge on any atom is 0.233 e. The number of fused-ring (bicyclic) bond motifs is 2. The number of hydrogen-bond donors (Lipinski definition) is 2. The van der Waals surface area contributed by atoms with Crippen molar-refractivity contribution in [2.45, 2.75) is 61.5 Å². The number of aromatic nitrogens is 4. The van der Waals surface area contributed by atoms with Crippen molar-refractivity contribution in [3.8, 4) is 11.4 Å². The first-order valence-electron chi connectivity index (χ1n) is 11.8. The maximum atomic E-state index is 13.1. The predicted molar refractivity (Wildman–Crippen MR) is 131 cm³/mol. The Morgan fingerprint density at radius 3 is 2.82 bits per heavy atom. The molecule has 6 nitrogen and oxygen atoms in total. The zero-order chi connectivity index (χ0) is 22.4. The van der Waals surface area contributed by atoms with E-state index in [0.29, 0.717) is 6.04 Å². The Balaban J connectivity index is 1.23. The molecule has 6 rings (SSSR count). The molecule has 2 aliphatic carbocycles. The number of hydrogen-bond acceptors (Lipinski definition) is 4. The van der Waals surface area contributed by atoms with Crippen molar-refractivity contribution >= 4 is 28.6 Å². The fraction of sp³-hybridized carbons (Fsp3) is 0.346. The van der Waals surface area contributed by atoms with Crippen molar-refractivity contribution in [1.82, 2.24) is 25.1 Å². The lowest BCUT2D eigenvalue weighted by molar-refractivity contribution is -0.121. The molecule has 2 atom stereocenters. The third kappa shape index (κ3) is 3.84. The first-order chi connectivity index (χ1) is 16.2. The Morgan fingerprint density at radius 1 is 1.12 bits per heavy atom. The Morgan fingerprint density at radius 2 is 1.94 bits per heavy atom. The van der Waals surface area contributed by atoms with Gasteiger partial charge >= 0.3 is 0 Å². The van der Waals surface area contributed by atoms with Gasteiger partial charge in [0, 0.05) is 28.7 Å². The third-order valence-corrected chi connectivity index (χ3v) is 7.80. The molecule has 168 valence electrons. The molecule has 0 bridgehead atoms. The molecule has 4 aromatic rings. The summed E-state index contributed by atoms with van der Waals surface area (Å²) in [6.07, 6.45) is 7.45. The predicted octanol–water partition coefficient (Wildman–Crippen LogP) is 5.44. The number of nitrogens with one attached hydrogen (secondary N) is 2. The van der Waals surface area contributed by atoms with Gasteiger partial charge in [-0.2, -0.15) is 0 Å². The summed E-state index contributed by atoms with van der Waals surface area (Å²) >= 11 is 1.51. The van der Waals surface area contributed by atoms with Crippen LogP contribution in [0.2, 0.25) is 0 Å². The van der Waals surface area contributed by atoms with Crippen molar-refractivity contribution in [2.24, 2.45) is 0 Å². The van der Waals surface area contributed by atoms with Gasteiger partial charge in [0.1, 0.15) is 0 Å². The largest absolute Gasteiger partial charge is 0.360 e. The minimum Gasteiger partial charge on any atom is -0.360 e. The second kappa shape index (κ2) is 8.37. The number of para-hydroxylation sites is 1. The molecule has 2 N–H and O–H groups in total. The van der Waals surface area contributed by atoms with Gasteiger partial charge in [-0.1, -0.05) is 54.2 Å². The molecule has 1 fully saturated rings. The van der Waals surface area contributed by atoms with Gasteiger partial charge in [0.05, 0.1) is 11.3 Å². The minimum atomic E-state index is -0.253. The normalized spacial score (nSPS) is 18.8. The maximum absolute atomic E-state index is 13.1. The van der Waals surface area contributed by atoms with E-state index < -0.39 is 0 Å². The van der Waals surface area contributed by atoms with Crippen molar-refractivity contribution in [3.05, 3.63) is 65.9 Å². The van der Waals surface area contributed by atoms with Crippen LogP contribution in [0.1, 0.15) is 55.8 Å². The van der Waals surface area contributed by atoms with E-state index in [0.717, 1.165) is 59.6 Å². The molecule has 33 heavy (non-hydrogen) atoms. The van der Waals surface area contributed by atoms with Crippen LogP contribution >= 0.6 is 11.8 Å². The highest BCUT2D eigenvalue weighted by Gasteiger charge is 2.32. The average molecular weight is 458 g/mol. The van der Waals surface area contributed by atoms with Crippen LogP contribution in [0.15, 0.2) is 59.9 Å². The van der Waals surface area contributed by atoms with E-state index in [1.807, 2.05) is 25.3 Å². The van der Waals surface area contributed by atoms with Crippen molar-refractivity contribution < 1.29 is 4.79 Å². The summed E-state index contributed by atoms with van der Waals surface area (Å²) < 4.78 is 2.24. The Hall–Kier alpha value is -3.06. The Labute approximate surface area is 197 Å². The zero-order valence-electron chi connectivity index (χ0n) is 18.6. The van der Waals surface area contributed by atoms with Crippen LogP contribution in [-0.4, -0.2) is 30.9 Å². The van der Waals surface area contributed by atoms with Gasteiger partial charge in [-0.25, -0.2) is 0 Å². The monoisotopic (exact) mass is 457 g/mol. The van der Waals surface area contributed by atoms with Gasteiger partial charge in [0.15, 0.2) is 11.0 Å². The van der Waals surface area contributed by atoms with Crippen molar-refractivity contribution in [2.75, 3.05) is 0 Å². The summed E-state index contributed by atoms with van der Waals surface area (Å²) in [4.78, 5) is 16.5. The molecule has 2 heterocycles. The molecule has 2 aromatic heterocycles. The van der Waals surface area contributed by atoms with Crippen molar-refractivity contribution in [1.29, 1.82) is 0 Å². The Bertz CT molecular complexity index is 1320. The quantitative estimate of drug-likeness (QED) is 0.378. The highest BCUT2D eigenvalue weighted by Crippen LogP contribution is 2.43. The highest BCUT2D eigenvalue weighted by molar-refractivity contribution is 8.00. The van der Waals surface area contributed by atoms with Crippen LogP contribution in [0.5, 0.6) is 0 Å². The van der Waals surface area contributed by atoms with E-state index in [-0.39, 0.29) is 17.2 Å². The van der Waals surface area contributed by atoms with E-state index in [1.165, 1.54) is 22.9 Å². The van der Waals surface area contributed by atoms with E-state index in [4.69, 9.17) is 0 Å². The number of aryl methyl sites for hydroxylation is 1. The molecule has 0 saturated heterocycles. The molecule has 2 aromatic carbocycles. The fourth-order valence-electron chi connectivity index (χ4n) is 4.86. The van der Waals surface area contributed by atoms with Gasteiger partial charge in [-0.05, 0) is 56.2 Å². The standard InChI is InChI=1S/C26H27N5OS/c1-16(25(32)28-23-12-6-8-17-7-2-3-9-19(17)23)33-26-30-29-24(31(26)18-13-14-18)21-15-27-22-11-5-4-10-20(21)22/h2-5,7,9-11,15-16,18,23,27H,6,8,12-14H2,1H3,(H,28,32)/t16-,23-/m1/s1. The molecule has 7 heteroatoms. The number of benzene rings is 2. The first-order valence-corrected chi connectivity index (χ1v) is 12.6. The van der Waals surface area contributed by atoms with Crippen LogP contribution < -0.4 is 5.32 Å². The molecule has 2 aliphatic rings. The van der Waals surface area contributed by atoms with Crippen LogP contribution in [0.3, 0.4) is 0 Å². The van der Waals surface area contributed by atoms with Crippen molar-refractivity contribution in [3.63, 3.8) is 0 Å². The van der Waals surface area contributed by atoms with E-state index >= 15 is 0 Å². The fourth-order valence-corrected chi connectivity index (χ4v) is 5.79. The zero-order valence-corrected chi connectivity index (χ0v) is 19.4. The third-order valence-electron chi connectivity index (χ3n) is 6.74. The molecular formula is C26H27N5OS. The number of thioether (sulfide) groups is 1. The number of aromatic amines is 1. The van der Waals surface area contributed by atoms with Gasteiger partial charge in [-0.15, -0.1) is 10.2 Å². The first kappa shape index (κ1) is 20.5. The number of carbonyl (C=O) groups is 1. The number of rotatable bonds is 6. The average Bonchev–Trinajstić information content (AvgIpc) is 3.46. The van der Waals surface area contributed by atoms with E-state index in [9.17, 15) is 4.79 Å². The number of H-pyrrole nitrogens is 1. The summed E-state index contributed by atoms with van der Waals surface area (Å²) in [6.45, 7) is 1.96. The molecular weight excluding hydrogens is 430 g/mol. The van der Waals surface area contributed by atoms with Gasteiger partial charge in [-0.3, -0.25) is 9.36 Å². The second-order valence-corrected chi connectivity index (χ2v) is 10.4. The molecule has 1 saturated carbocycles. The lowest BCUT2D eigenvalue weighted by atomic mass is 9.88. The molecule has 0 unspecified atom stereocenters. The van der Waals surface area contributed by atoms with E-state index in [2.05, 4.69) is 61.5 Å². The molecule has 0 radical (unpaired) electrons. The second-order valence-electron chi connectivity index (χ2n) is 9.07. The summed E-state index contributed by atoms with van der Waals surface area (Å²) in [5.41, 5.74) is 4.77. The molecule has 0 spiro atoms. The summed E-state index contributed by atoms with van der Waals surface area (Å²) in [5, 5.41) is 14.1. The number of nitrogens with zero attached hydrogens (tertiary/aromatic N) is 3. The van der Waals surface area contributed by atoms with Crippen LogP contribution in [0, 0.1) is 0 Å². The van der Waals surface area contributed by atoms with Crippen LogP contribution in [0.4, 0.5) is 0 Å². The van der Waals surface area contributed by atoms with Gasteiger partial charge < -0.3 is 10.3 Å². The van der Waals surface area contributed by atoms with Gasteiger partial charge in [0.25, 0.3) is 0 Å². The minimum absolute atomic E-state index is 0.0562. The smallest absolute Gasteiger partial charge is 0.233 e. The van der Waals surface area contributed by atoms with E-state index in [1.54, 1.807) is 0 Å². The summed E-state index contributed by atoms with van der Waals surface area (Å²) in [6, 6.07) is 17.2. The number of amides is 1. The van der Waals surface area contributed by atoms with Gasteiger partial charge in [0.2, 0.25) is 5.91 Å². The molecule has 1 amide bonds. The SMILES string of the molecule is C[C@@H](Sc1nnc(-c2c[nH]c3ccccc23)n1C1CC1)C(=O)N[C@@H]1CCCc2ccccc21. The van der Waals surface area contributed by atoms with Crippen LogP contribution in [-0.2, 0) is 11.2 Å². The lowest BCUT2D eigenvalue weighted by Crippen LogP contribution is -2.36. The summed E-state index contributed by atoms with van der Waals surface area (Å²) in [5.74, 6) is 0.937. The van der Waals surface area contributed by atoms with Crippen LogP contribution in [0.25, 0.3) is 22.3 Å².